The minimum atomic E-state index is 0.757. The number of aryl methyl sites for hydroxylation is 2. The molecule has 0 saturated carbocycles. The van der Waals surface area contributed by atoms with Crippen LogP contribution in [0.2, 0.25) is 0 Å². The monoisotopic (exact) mass is 251 g/mol. The van der Waals surface area contributed by atoms with E-state index in [-0.39, 0.29) is 0 Å². The maximum atomic E-state index is 4.29. The molecule has 3 nitrogen and oxygen atoms in total. The van der Waals surface area contributed by atoms with Gasteiger partial charge in [-0.05, 0) is 37.6 Å². The Hall–Kier alpha value is -1.16. The van der Waals surface area contributed by atoms with Gasteiger partial charge in [0.1, 0.15) is 5.82 Å². The quantitative estimate of drug-likeness (QED) is 0.847. The fourth-order valence-corrected chi connectivity index (χ4v) is 1.82. The number of benzene rings is 1. The van der Waals surface area contributed by atoms with Gasteiger partial charge in [-0.3, -0.25) is 5.10 Å². The molecular weight excluding hydrogens is 242 g/mol. The highest BCUT2D eigenvalue weighted by Crippen LogP contribution is 2.22. The van der Waals surface area contributed by atoms with Crippen LogP contribution in [0.5, 0.6) is 0 Å². The Kier molecular flexibility index (Phi) is 2.37. The first-order valence-corrected chi connectivity index (χ1v) is 5.11. The average Bonchev–Trinajstić information content (AvgIpc) is 2.51. The average molecular weight is 252 g/mol. The summed E-state index contributed by atoms with van der Waals surface area (Å²) in [4.78, 5) is 4.29. The van der Waals surface area contributed by atoms with Crippen LogP contribution in [-0.2, 0) is 0 Å². The molecule has 2 rings (SSSR count). The van der Waals surface area contributed by atoms with Gasteiger partial charge in [0.25, 0.3) is 0 Å². The molecule has 0 radical (unpaired) electrons. The number of hydrogen-bond donors (Lipinski definition) is 1. The Morgan fingerprint density at radius 3 is 2.64 bits per heavy atom. The third kappa shape index (κ3) is 1.70. The first-order chi connectivity index (χ1) is 6.66. The van der Waals surface area contributed by atoms with E-state index < -0.39 is 0 Å². The summed E-state index contributed by atoms with van der Waals surface area (Å²) in [6.45, 7) is 3.94. The van der Waals surface area contributed by atoms with Gasteiger partial charge in [0.15, 0.2) is 5.82 Å². The number of nitrogens with one attached hydrogen (secondary N) is 1. The summed E-state index contributed by atoms with van der Waals surface area (Å²) in [7, 11) is 0. The summed E-state index contributed by atoms with van der Waals surface area (Å²) in [6, 6.07) is 6.07. The zero-order chi connectivity index (χ0) is 10.1. The summed E-state index contributed by atoms with van der Waals surface area (Å²) < 4.78 is 1.08. The lowest BCUT2D eigenvalue weighted by Crippen LogP contribution is -1.85. The molecule has 0 aliphatic rings. The van der Waals surface area contributed by atoms with Gasteiger partial charge in [0.2, 0.25) is 0 Å². The molecule has 0 fully saturated rings. The summed E-state index contributed by atoms with van der Waals surface area (Å²) in [5.41, 5.74) is 2.23. The first kappa shape index (κ1) is 9.40. The van der Waals surface area contributed by atoms with E-state index in [4.69, 9.17) is 0 Å². The second-order valence-corrected chi connectivity index (χ2v) is 4.12. The van der Waals surface area contributed by atoms with Gasteiger partial charge in [0.05, 0.1) is 0 Å². The van der Waals surface area contributed by atoms with Gasteiger partial charge in [-0.2, -0.15) is 5.10 Å². The second-order valence-electron chi connectivity index (χ2n) is 3.20. The number of halogens is 1. The van der Waals surface area contributed by atoms with Crippen LogP contribution in [-0.4, -0.2) is 15.2 Å². The molecule has 1 heterocycles. The van der Waals surface area contributed by atoms with Crippen molar-refractivity contribution < 1.29 is 0 Å². The molecule has 14 heavy (non-hydrogen) atoms. The highest BCUT2D eigenvalue weighted by molar-refractivity contribution is 9.10. The summed E-state index contributed by atoms with van der Waals surface area (Å²) >= 11 is 3.43. The molecule has 0 aliphatic heterocycles. The normalized spacial score (nSPS) is 10.5. The van der Waals surface area contributed by atoms with Crippen LogP contribution in [0.25, 0.3) is 11.4 Å². The molecule has 0 amide bonds. The minimum Gasteiger partial charge on any atom is -0.263 e. The third-order valence-corrected chi connectivity index (χ3v) is 2.52. The van der Waals surface area contributed by atoms with E-state index in [1.54, 1.807) is 0 Å². The smallest absolute Gasteiger partial charge is 0.181 e. The van der Waals surface area contributed by atoms with E-state index in [1.165, 1.54) is 5.56 Å². The van der Waals surface area contributed by atoms with Crippen LogP contribution >= 0.6 is 15.9 Å². The molecule has 0 spiro atoms. The number of aromatic nitrogens is 3. The maximum Gasteiger partial charge on any atom is 0.181 e. The fraction of sp³-hybridized carbons (Fsp3) is 0.200. The van der Waals surface area contributed by atoms with E-state index in [2.05, 4.69) is 37.2 Å². The Morgan fingerprint density at radius 1 is 1.29 bits per heavy atom. The zero-order valence-electron chi connectivity index (χ0n) is 8.00. The summed E-state index contributed by atoms with van der Waals surface area (Å²) in [5, 5.41) is 6.96. The molecule has 0 unspecified atom stereocenters. The molecule has 0 bridgehead atoms. The molecule has 1 aromatic carbocycles. The van der Waals surface area contributed by atoms with Crippen molar-refractivity contribution in [1.82, 2.24) is 15.2 Å². The van der Waals surface area contributed by atoms with Crippen molar-refractivity contribution in [1.29, 1.82) is 0 Å². The van der Waals surface area contributed by atoms with E-state index in [0.29, 0.717) is 0 Å². The van der Waals surface area contributed by atoms with Gasteiger partial charge in [-0.15, -0.1) is 0 Å². The van der Waals surface area contributed by atoms with E-state index in [1.807, 2.05) is 26.0 Å². The lowest BCUT2D eigenvalue weighted by atomic mass is 10.1. The number of nitrogens with zero attached hydrogens (tertiary/aromatic N) is 2. The van der Waals surface area contributed by atoms with Gasteiger partial charge < -0.3 is 0 Å². The van der Waals surface area contributed by atoms with Gasteiger partial charge >= 0.3 is 0 Å². The summed E-state index contributed by atoms with van der Waals surface area (Å²) in [5.74, 6) is 1.59. The molecular formula is C10H10BrN3. The van der Waals surface area contributed by atoms with Crippen molar-refractivity contribution in [2.45, 2.75) is 13.8 Å². The highest BCUT2D eigenvalue weighted by Gasteiger charge is 2.06. The van der Waals surface area contributed by atoms with Crippen LogP contribution < -0.4 is 0 Å². The molecule has 4 heteroatoms. The van der Waals surface area contributed by atoms with Crippen molar-refractivity contribution >= 4 is 15.9 Å². The Labute approximate surface area is 90.7 Å². The Morgan fingerprint density at radius 2 is 2.07 bits per heavy atom. The van der Waals surface area contributed by atoms with Crippen LogP contribution in [0.15, 0.2) is 22.7 Å². The van der Waals surface area contributed by atoms with Gasteiger partial charge in [-0.1, -0.05) is 15.9 Å². The molecule has 0 aliphatic carbocycles. The molecule has 0 atom stereocenters. The number of aromatic amines is 1. The Balaban J connectivity index is 2.52. The third-order valence-electron chi connectivity index (χ3n) is 2.03. The second kappa shape index (κ2) is 3.53. The van der Waals surface area contributed by atoms with Crippen molar-refractivity contribution in [3.05, 3.63) is 34.1 Å². The van der Waals surface area contributed by atoms with Crippen molar-refractivity contribution in [3.63, 3.8) is 0 Å². The van der Waals surface area contributed by atoms with Crippen LogP contribution in [0.4, 0.5) is 0 Å². The lowest BCUT2D eigenvalue weighted by molar-refractivity contribution is 1.04. The van der Waals surface area contributed by atoms with E-state index in [0.717, 1.165) is 21.7 Å². The lowest BCUT2D eigenvalue weighted by Gasteiger charge is -2.00. The minimum absolute atomic E-state index is 0.757. The highest BCUT2D eigenvalue weighted by atomic mass is 79.9. The first-order valence-electron chi connectivity index (χ1n) is 4.32. The Bertz CT molecular complexity index is 462. The molecule has 2 aromatic rings. The fourth-order valence-electron chi connectivity index (χ4n) is 1.34. The largest absolute Gasteiger partial charge is 0.263 e. The predicted octanol–water partition coefficient (Wildman–Crippen LogP) is 2.85. The van der Waals surface area contributed by atoms with Gasteiger partial charge in [0, 0.05) is 10.0 Å². The van der Waals surface area contributed by atoms with E-state index in [9.17, 15) is 0 Å². The predicted molar refractivity (Wildman–Crippen MR) is 59.0 cm³/mol. The zero-order valence-corrected chi connectivity index (χ0v) is 9.59. The standard InChI is InChI=1S/C10H10BrN3/c1-6-5-8(11)3-4-9(6)10-12-7(2)13-14-10/h3-5H,1-2H3,(H,12,13,14). The van der Waals surface area contributed by atoms with Crippen molar-refractivity contribution in [2.24, 2.45) is 0 Å². The van der Waals surface area contributed by atoms with Crippen molar-refractivity contribution in [2.75, 3.05) is 0 Å². The van der Waals surface area contributed by atoms with Crippen LogP contribution in [0.3, 0.4) is 0 Å². The van der Waals surface area contributed by atoms with Gasteiger partial charge in [-0.25, -0.2) is 4.98 Å². The van der Waals surface area contributed by atoms with Crippen LogP contribution in [0.1, 0.15) is 11.4 Å². The molecule has 1 aromatic heterocycles. The topological polar surface area (TPSA) is 41.6 Å². The molecule has 1 N–H and O–H groups in total. The SMILES string of the molecule is Cc1nc(-c2ccc(Br)cc2C)n[nH]1. The number of hydrogen-bond acceptors (Lipinski definition) is 2. The number of H-pyrrole nitrogens is 1. The summed E-state index contributed by atoms with van der Waals surface area (Å²) in [6.07, 6.45) is 0. The molecule has 0 saturated heterocycles. The van der Waals surface area contributed by atoms with Crippen LogP contribution in [0, 0.1) is 13.8 Å². The number of rotatable bonds is 1. The maximum absolute atomic E-state index is 4.29. The van der Waals surface area contributed by atoms with E-state index >= 15 is 0 Å². The van der Waals surface area contributed by atoms with Crippen molar-refractivity contribution in [3.8, 4) is 11.4 Å². The molecule has 72 valence electrons.